The van der Waals surface area contributed by atoms with Gasteiger partial charge in [0.15, 0.2) is 0 Å². The Bertz CT molecular complexity index is 579. The minimum atomic E-state index is -0.366. The maximum Gasteiger partial charge on any atom is 0.339 e. The van der Waals surface area contributed by atoms with Crippen molar-refractivity contribution in [3.8, 4) is 0 Å². The van der Waals surface area contributed by atoms with Crippen LogP contribution in [-0.4, -0.2) is 12.2 Å². The summed E-state index contributed by atoms with van der Waals surface area (Å²) in [6, 6.07) is 16.7. The highest BCUT2D eigenvalue weighted by Gasteiger charge is 1.97. The van der Waals surface area contributed by atoms with Gasteiger partial charge in [-0.1, -0.05) is 48.0 Å². The van der Waals surface area contributed by atoms with E-state index in [-0.39, 0.29) is 6.03 Å². The van der Waals surface area contributed by atoms with Crippen LogP contribution >= 0.6 is 0 Å². The number of anilines is 1. The molecule has 19 heavy (non-hydrogen) atoms. The molecule has 4 nitrogen and oxygen atoms in total. The van der Waals surface area contributed by atoms with Crippen molar-refractivity contribution in [2.75, 3.05) is 5.32 Å². The van der Waals surface area contributed by atoms with Gasteiger partial charge < -0.3 is 5.32 Å². The zero-order valence-corrected chi connectivity index (χ0v) is 10.6. The van der Waals surface area contributed by atoms with Gasteiger partial charge in [0, 0.05) is 5.69 Å². The number of nitrogens with zero attached hydrogens (tertiary/aromatic N) is 1. The van der Waals surface area contributed by atoms with Crippen molar-refractivity contribution in [1.29, 1.82) is 0 Å². The van der Waals surface area contributed by atoms with Crippen LogP contribution in [0.15, 0.2) is 59.7 Å². The number of hydrogen-bond donors (Lipinski definition) is 2. The number of hydrazone groups is 1. The number of carbonyl (C=O) groups excluding carboxylic acids is 1. The van der Waals surface area contributed by atoms with E-state index in [9.17, 15) is 4.79 Å². The van der Waals surface area contributed by atoms with Gasteiger partial charge in [0.05, 0.1) is 6.21 Å². The second-order valence-electron chi connectivity index (χ2n) is 4.10. The first-order valence-corrected chi connectivity index (χ1v) is 5.96. The van der Waals surface area contributed by atoms with Gasteiger partial charge in [-0.3, -0.25) is 0 Å². The zero-order chi connectivity index (χ0) is 13.5. The van der Waals surface area contributed by atoms with Crippen molar-refractivity contribution in [3.05, 3.63) is 65.7 Å². The van der Waals surface area contributed by atoms with Crippen molar-refractivity contribution in [2.24, 2.45) is 5.10 Å². The molecule has 2 aromatic carbocycles. The van der Waals surface area contributed by atoms with Crippen LogP contribution in [0.1, 0.15) is 11.1 Å². The molecule has 96 valence electrons. The number of benzene rings is 2. The molecule has 2 N–H and O–H groups in total. The lowest BCUT2D eigenvalue weighted by Gasteiger charge is -2.03. The summed E-state index contributed by atoms with van der Waals surface area (Å²) in [5.74, 6) is 0. The molecule has 0 aromatic heterocycles. The minimum absolute atomic E-state index is 0.366. The quantitative estimate of drug-likeness (QED) is 0.640. The first-order valence-electron chi connectivity index (χ1n) is 5.96. The van der Waals surface area contributed by atoms with Crippen LogP contribution < -0.4 is 10.7 Å². The highest BCUT2D eigenvalue weighted by atomic mass is 16.2. The predicted octanol–water partition coefficient (Wildman–Crippen LogP) is 3.15. The summed E-state index contributed by atoms with van der Waals surface area (Å²) < 4.78 is 0. The van der Waals surface area contributed by atoms with Crippen molar-refractivity contribution < 1.29 is 4.79 Å². The van der Waals surface area contributed by atoms with E-state index in [4.69, 9.17) is 0 Å². The molecule has 0 bridgehead atoms. The molecule has 0 aliphatic carbocycles. The number of urea groups is 1. The van der Waals surface area contributed by atoms with Crippen LogP contribution in [-0.2, 0) is 0 Å². The Hall–Kier alpha value is -2.62. The third kappa shape index (κ3) is 4.27. The van der Waals surface area contributed by atoms with Crippen molar-refractivity contribution in [3.63, 3.8) is 0 Å². The number of amides is 2. The molecule has 0 saturated heterocycles. The topological polar surface area (TPSA) is 53.5 Å². The first kappa shape index (κ1) is 12.8. The summed E-state index contributed by atoms with van der Waals surface area (Å²) in [6.07, 6.45) is 1.61. The van der Waals surface area contributed by atoms with E-state index >= 15 is 0 Å². The third-order valence-electron chi connectivity index (χ3n) is 2.45. The van der Waals surface area contributed by atoms with Gasteiger partial charge in [0.2, 0.25) is 0 Å². The summed E-state index contributed by atoms with van der Waals surface area (Å²) in [7, 11) is 0. The van der Waals surface area contributed by atoms with Crippen molar-refractivity contribution >= 4 is 17.9 Å². The molecule has 0 heterocycles. The average molecular weight is 253 g/mol. The molecule has 4 heteroatoms. The lowest BCUT2D eigenvalue weighted by atomic mass is 10.2. The molecule has 0 saturated carbocycles. The minimum Gasteiger partial charge on any atom is -0.307 e. The smallest absolute Gasteiger partial charge is 0.307 e. The van der Waals surface area contributed by atoms with E-state index in [2.05, 4.69) is 15.8 Å². The average Bonchev–Trinajstić information content (AvgIpc) is 2.40. The highest BCUT2D eigenvalue weighted by molar-refractivity contribution is 5.90. The van der Waals surface area contributed by atoms with Gasteiger partial charge in [0.25, 0.3) is 0 Å². The Kier molecular flexibility index (Phi) is 4.29. The SMILES string of the molecule is Cc1cccc(C=NNC(=O)Nc2ccccc2)c1. The molecule has 0 aliphatic heterocycles. The van der Waals surface area contributed by atoms with Crippen molar-refractivity contribution in [1.82, 2.24) is 5.43 Å². The van der Waals surface area contributed by atoms with Gasteiger partial charge >= 0.3 is 6.03 Å². The second-order valence-corrected chi connectivity index (χ2v) is 4.10. The van der Waals surface area contributed by atoms with Gasteiger partial charge in [-0.05, 0) is 24.6 Å². The largest absolute Gasteiger partial charge is 0.339 e. The third-order valence-corrected chi connectivity index (χ3v) is 2.45. The summed E-state index contributed by atoms with van der Waals surface area (Å²) in [5.41, 5.74) is 5.24. The zero-order valence-electron chi connectivity index (χ0n) is 10.6. The summed E-state index contributed by atoms with van der Waals surface area (Å²) in [4.78, 5) is 11.5. The van der Waals surface area contributed by atoms with E-state index in [1.54, 1.807) is 6.21 Å². The van der Waals surface area contributed by atoms with Crippen LogP contribution in [0.3, 0.4) is 0 Å². The standard InChI is InChI=1S/C15H15N3O/c1-12-6-5-7-13(10-12)11-16-18-15(19)17-14-8-3-2-4-9-14/h2-11H,1H3,(H2,17,18,19). The number of hydrogen-bond acceptors (Lipinski definition) is 2. The summed E-state index contributed by atoms with van der Waals surface area (Å²) in [5, 5.41) is 6.57. The lowest BCUT2D eigenvalue weighted by molar-refractivity contribution is 0.252. The van der Waals surface area contributed by atoms with Crippen molar-refractivity contribution in [2.45, 2.75) is 6.92 Å². The molecule has 2 rings (SSSR count). The summed E-state index contributed by atoms with van der Waals surface area (Å²) in [6.45, 7) is 2.01. The molecule has 0 aliphatic rings. The Morgan fingerprint density at radius 2 is 1.89 bits per heavy atom. The Morgan fingerprint density at radius 3 is 2.63 bits per heavy atom. The fourth-order valence-corrected chi connectivity index (χ4v) is 1.60. The van der Waals surface area contributed by atoms with Crippen LogP contribution in [0.25, 0.3) is 0 Å². The Labute approximate surface area is 112 Å². The predicted molar refractivity (Wildman–Crippen MR) is 77.4 cm³/mol. The van der Waals surface area contributed by atoms with Gasteiger partial charge in [-0.2, -0.15) is 5.10 Å². The van der Waals surface area contributed by atoms with Crippen LogP contribution in [0.2, 0.25) is 0 Å². The molecule has 0 atom stereocenters. The van der Waals surface area contributed by atoms with E-state index < -0.39 is 0 Å². The first-order chi connectivity index (χ1) is 9.24. The number of nitrogens with one attached hydrogen (secondary N) is 2. The number of rotatable bonds is 3. The number of carbonyl (C=O) groups is 1. The van der Waals surface area contributed by atoms with E-state index in [1.807, 2.05) is 61.5 Å². The second kappa shape index (κ2) is 6.35. The molecule has 0 fully saturated rings. The maximum atomic E-state index is 11.5. The number of para-hydroxylation sites is 1. The normalized spacial score (nSPS) is 10.4. The highest BCUT2D eigenvalue weighted by Crippen LogP contribution is 2.04. The maximum absolute atomic E-state index is 11.5. The molecular weight excluding hydrogens is 238 g/mol. The van der Waals surface area contributed by atoms with Crippen LogP contribution in [0, 0.1) is 6.92 Å². The van der Waals surface area contributed by atoms with E-state index in [1.165, 1.54) is 0 Å². The van der Waals surface area contributed by atoms with Gasteiger partial charge in [-0.25, -0.2) is 10.2 Å². The molecule has 0 spiro atoms. The molecule has 2 aromatic rings. The Morgan fingerprint density at radius 1 is 1.11 bits per heavy atom. The molecule has 0 unspecified atom stereocenters. The monoisotopic (exact) mass is 253 g/mol. The fourth-order valence-electron chi connectivity index (χ4n) is 1.60. The van der Waals surface area contributed by atoms with E-state index in [0.29, 0.717) is 0 Å². The lowest BCUT2D eigenvalue weighted by Crippen LogP contribution is -2.24. The Balaban J connectivity index is 1.87. The van der Waals surface area contributed by atoms with E-state index in [0.717, 1.165) is 16.8 Å². The molecule has 0 radical (unpaired) electrons. The van der Waals surface area contributed by atoms with Gasteiger partial charge in [0.1, 0.15) is 0 Å². The molecule has 2 amide bonds. The summed E-state index contributed by atoms with van der Waals surface area (Å²) >= 11 is 0. The van der Waals surface area contributed by atoms with Crippen LogP contribution in [0.4, 0.5) is 10.5 Å². The van der Waals surface area contributed by atoms with Gasteiger partial charge in [-0.15, -0.1) is 0 Å². The molecular formula is C15H15N3O. The number of aryl methyl sites for hydroxylation is 1. The fraction of sp³-hybridized carbons (Fsp3) is 0.0667. The van der Waals surface area contributed by atoms with Crippen LogP contribution in [0.5, 0.6) is 0 Å².